The molecule has 0 rings (SSSR count). The normalized spacial score (nSPS) is 10.1. The van der Waals surface area contributed by atoms with E-state index in [4.69, 9.17) is 20.1 Å². The number of carboxylic acids is 3. The van der Waals surface area contributed by atoms with Gasteiger partial charge in [-0.05, 0) is 12.8 Å². The zero-order chi connectivity index (χ0) is 33.7. The Kier molecular flexibility index (Phi) is 39.9. The third-order valence-corrected chi connectivity index (χ3v) is 6.84. The summed E-state index contributed by atoms with van der Waals surface area (Å²) in [4.78, 5) is 52.0. The van der Waals surface area contributed by atoms with Crippen LogP contribution in [0, 0.1) is 0 Å². The lowest BCUT2D eigenvalue weighted by atomic mass is 10.1. The van der Waals surface area contributed by atoms with Crippen LogP contribution in [0.4, 0.5) is 0 Å². The molecule has 0 aromatic heterocycles. The number of rotatable bonds is 28. The molecule has 0 heterocycles. The van der Waals surface area contributed by atoms with Gasteiger partial charge in [-0.1, -0.05) is 129 Å². The number of unbranched alkanes of at least 4 members (excludes halogenated alkanes) is 18. The molecule has 0 aliphatic carbocycles. The summed E-state index contributed by atoms with van der Waals surface area (Å²) < 4.78 is 0. The fraction of sp³-hybridized carbons (Fsp3) is 0.853. The van der Waals surface area contributed by atoms with E-state index >= 15 is 0 Å². The number of aliphatic carboxylic acids is 3. The molecule has 44 heavy (non-hydrogen) atoms. The summed E-state index contributed by atoms with van der Waals surface area (Å²) in [6.45, 7) is 6.91. The summed E-state index contributed by atoms with van der Waals surface area (Å²) in [7, 11) is 0. The summed E-state index contributed by atoms with van der Waals surface area (Å²) in [5.74, 6) is -2.97. The van der Waals surface area contributed by atoms with Crippen LogP contribution in [-0.4, -0.2) is 58.1 Å². The van der Waals surface area contributed by atoms with Gasteiger partial charge in [0.1, 0.15) is 0 Å². The van der Waals surface area contributed by atoms with E-state index in [1.54, 1.807) is 0 Å². The lowest BCUT2D eigenvalue weighted by Crippen LogP contribution is -2.24. The summed E-state index contributed by atoms with van der Waals surface area (Å²) in [6.07, 6.45) is 25.5. The molecule has 0 fully saturated rings. The number of amides is 2. The first-order chi connectivity index (χ1) is 21.1. The molecule has 0 unspecified atom stereocenters. The number of hydrogen-bond donors (Lipinski definition) is 5. The average Bonchev–Trinajstić information content (AvgIpc) is 2.96. The number of carbonyl (C=O) groups excluding carboxylic acids is 2. The van der Waals surface area contributed by atoms with Gasteiger partial charge in [0.05, 0.1) is 12.8 Å². The predicted molar refractivity (Wildman–Crippen MR) is 177 cm³/mol. The largest absolute Gasteiger partial charge is 0.481 e. The highest BCUT2D eigenvalue weighted by atomic mass is 16.4. The van der Waals surface area contributed by atoms with Gasteiger partial charge in [0.15, 0.2) is 0 Å². The van der Waals surface area contributed by atoms with E-state index in [-0.39, 0.29) is 37.5 Å². The molecule has 10 nitrogen and oxygen atoms in total. The van der Waals surface area contributed by atoms with E-state index in [9.17, 15) is 19.2 Å². The summed E-state index contributed by atoms with van der Waals surface area (Å²) in [6, 6.07) is 0. The maximum Gasteiger partial charge on any atom is 0.303 e. The van der Waals surface area contributed by atoms with E-state index in [1.165, 1.54) is 103 Å². The minimum absolute atomic E-state index is 0.0795. The van der Waals surface area contributed by atoms with Crippen molar-refractivity contribution in [1.29, 1.82) is 0 Å². The van der Waals surface area contributed by atoms with Gasteiger partial charge in [-0.15, -0.1) is 0 Å². The van der Waals surface area contributed by atoms with E-state index in [2.05, 4.69) is 24.5 Å². The number of hydrogen-bond acceptors (Lipinski definition) is 5. The molecule has 2 amide bonds. The van der Waals surface area contributed by atoms with Crippen LogP contribution < -0.4 is 10.6 Å². The van der Waals surface area contributed by atoms with Gasteiger partial charge in [-0.2, -0.15) is 0 Å². The third-order valence-electron chi connectivity index (χ3n) is 6.84. The first-order valence-corrected chi connectivity index (χ1v) is 17.2. The van der Waals surface area contributed by atoms with Crippen molar-refractivity contribution in [3.05, 3.63) is 0 Å². The van der Waals surface area contributed by atoms with Crippen molar-refractivity contribution in [3.63, 3.8) is 0 Å². The SMILES string of the molecule is CC(=O)O.CCCCCCCCCCCCNC(=O)CCC(=O)O.CCCCCCCCCCCCNC(=O)CCC(=O)O. The molecule has 260 valence electrons. The average molecular weight is 631 g/mol. The van der Waals surface area contributed by atoms with Crippen molar-refractivity contribution < 1.29 is 39.3 Å². The lowest BCUT2D eigenvalue weighted by Gasteiger charge is -2.04. The molecule has 0 aliphatic rings. The van der Waals surface area contributed by atoms with Crippen LogP contribution in [0.3, 0.4) is 0 Å². The second-order valence-electron chi connectivity index (χ2n) is 11.4. The minimum atomic E-state index is -0.918. The van der Waals surface area contributed by atoms with Crippen molar-refractivity contribution in [2.75, 3.05) is 13.1 Å². The molecule has 0 bridgehead atoms. The van der Waals surface area contributed by atoms with E-state index < -0.39 is 17.9 Å². The highest BCUT2D eigenvalue weighted by Crippen LogP contribution is 2.11. The standard InChI is InChI=1S/2C16H31NO3.C2H4O2/c2*1-2-3-4-5-6-7-8-9-10-11-14-17-15(18)12-13-16(19)20;1-2(3)4/h2*2-14H2,1H3,(H,17,18)(H,19,20);1H3,(H,3,4). The smallest absolute Gasteiger partial charge is 0.303 e. The fourth-order valence-corrected chi connectivity index (χ4v) is 4.30. The molecular formula is C34H66N2O8. The van der Waals surface area contributed by atoms with Crippen molar-refractivity contribution in [1.82, 2.24) is 10.6 Å². The Bertz CT molecular complexity index is 645. The minimum Gasteiger partial charge on any atom is -0.481 e. The molecule has 0 aromatic rings. The van der Waals surface area contributed by atoms with Crippen LogP contribution in [0.5, 0.6) is 0 Å². The molecule has 5 N–H and O–H groups in total. The Morgan fingerprint density at radius 2 is 0.636 bits per heavy atom. The van der Waals surface area contributed by atoms with Crippen molar-refractivity contribution in [3.8, 4) is 0 Å². The molecular weight excluding hydrogens is 564 g/mol. The van der Waals surface area contributed by atoms with Crippen LogP contribution >= 0.6 is 0 Å². The van der Waals surface area contributed by atoms with E-state index in [0.29, 0.717) is 13.1 Å². The Labute approximate surface area is 267 Å². The third kappa shape index (κ3) is 52.0. The Hall–Kier alpha value is -2.65. The Balaban J connectivity index is -0.000000680. The van der Waals surface area contributed by atoms with Gasteiger partial charge in [-0.25, -0.2) is 0 Å². The fourth-order valence-electron chi connectivity index (χ4n) is 4.30. The van der Waals surface area contributed by atoms with Gasteiger partial charge >= 0.3 is 11.9 Å². The second kappa shape index (κ2) is 38.4. The Morgan fingerprint density at radius 1 is 0.409 bits per heavy atom. The summed E-state index contributed by atoms with van der Waals surface area (Å²) in [5.41, 5.74) is 0. The second-order valence-corrected chi connectivity index (χ2v) is 11.4. The summed E-state index contributed by atoms with van der Waals surface area (Å²) in [5, 5.41) is 29.8. The van der Waals surface area contributed by atoms with Crippen LogP contribution in [0.1, 0.15) is 175 Å². The van der Waals surface area contributed by atoms with Crippen LogP contribution in [0.25, 0.3) is 0 Å². The number of nitrogens with one attached hydrogen (secondary N) is 2. The first-order valence-electron chi connectivity index (χ1n) is 17.2. The van der Waals surface area contributed by atoms with Gasteiger partial charge in [-0.3, -0.25) is 24.0 Å². The monoisotopic (exact) mass is 630 g/mol. The van der Waals surface area contributed by atoms with Crippen molar-refractivity contribution in [2.45, 2.75) is 175 Å². The van der Waals surface area contributed by atoms with Gasteiger partial charge in [0.25, 0.3) is 5.97 Å². The molecule has 0 spiro atoms. The zero-order valence-electron chi connectivity index (χ0n) is 28.3. The maximum atomic E-state index is 11.2. The predicted octanol–water partition coefficient (Wildman–Crippen LogP) is 7.87. The first kappa shape index (κ1) is 45.8. The van der Waals surface area contributed by atoms with Crippen molar-refractivity contribution in [2.24, 2.45) is 0 Å². The van der Waals surface area contributed by atoms with Crippen LogP contribution in [-0.2, 0) is 24.0 Å². The number of carbonyl (C=O) groups is 5. The topological polar surface area (TPSA) is 170 Å². The number of carboxylic acid groups (broad SMARTS) is 3. The molecule has 10 heteroatoms. The maximum absolute atomic E-state index is 11.2. The molecule has 0 radical (unpaired) electrons. The highest BCUT2D eigenvalue weighted by molar-refractivity contribution is 5.81. The van der Waals surface area contributed by atoms with E-state index in [0.717, 1.165) is 32.6 Å². The quantitative estimate of drug-likeness (QED) is 0.0544. The van der Waals surface area contributed by atoms with Gasteiger partial charge in [0.2, 0.25) is 11.8 Å². The Morgan fingerprint density at radius 3 is 0.864 bits per heavy atom. The van der Waals surface area contributed by atoms with E-state index in [1.807, 2.05) is 0 Å². The van der Waals surface area contributed by atoms with Crippen LogP contribution in [0.15, 0.2) is 0 Å². The molecule has 0 saturated heterocycles. The highest BCUT2D eigenvalue weighted by Gasteiger charge is 2.05. The molecule has 0 aromatic carbocycles. The van der Waals surface area contributed by atoms with Crippen LogP contribution in [0.2, 0.25) is 0 Å². The lowest BCUT2D eigenvalue weighted by molar-refractivity contribution is -0.139. The molecule has 0 aliphatic heterocycles. The zero-order valence-corrected chi connectivity index (χ0v) is 28.3. The summed E-state index contributed by atoms with van der Waals surface area (Å²) >= 11 is 0. The van der Waals surface area contributed by atoms with Gasteiger partial charge < -0.3 is 26.0 Å². The molecule has 0 saturated carbocycles. The molecule has 0 atom stereocenters. The van der Waals surface area contributed by atoms with Crippen molar-refractivity contribution >= 4 is 29.7 Å². The van der Waals surface area contributed by atoms with Gasteiger partial charge in [0, 0.05) is 32.9 Å².